The van der Waals surface area contributed by atoms with Crippen LogP contribution in [-0.4, -0.2) is 40.7 Å². The van der Waals surface area contributed by atoms with E-state index in [1.54, 1.807) is 6.08 Å². The average Bonchev–Trinajstić information content (AvgIpc) is 2.63. The number of unbranched alkanes of at least 4 members (excludes halogenated alkanes) is 3. The second-order valence-electron chi connectivity index (χ2n) is 7.41. The number of carbonyl (C=O) groups excluding carboxylic acids is 3. The first-order valence-electron chi connectivity index (χ1n) is 10.2. The van der Waals surface area contributed by atoms with Crippen LogP contribution in [0.15, 0.2) is 12.7 Å². The minimum absolute atomic E-state index is 0.123. The summed E-state index contributed by atoms with van der Waals surface area (Å²) in [4.78, 5) is 42.3. The molecule has 0 bridgehead atoms. The summed E-state index contributed by atoms with van der Waals surface area (Å²) in [5.74, 6) is -0.767. The van der Waals surface area contributed by atoms with Gasteiger partial charge in [0.05, 0.1) is 0 Å². The van der Waals surface area contributed by atoms with Gasteiger partial charge in [0, 0.05) is 13.1 Å². The van der Waals surface area contributed by atoms with Crippen molar-refractivity contribution in [3.8, 4) is 0 Å². The number of allylic oxidation sites excluding steroid dienone is 1. The van der Waals surface area contributed by atoms with Crippen LogP contribution in [0, 0.1) is 11.3 Å². The minimum Gasteiger partial charge on any atom is -0.273 e. The van der Waals surface area contributed by atoms with Crippen LogP contribution in [0.1, 0.15) is 79.1 Å². The maximum Gasteiger partial charge on any atom is 0.333 e. The van der Waals surface area contributed by atoms with Gasteiger partial charge < -0.3 is 0 Å². The highest BCUT2D eigenvalue weighted by atomic mass is 16.2. The van der Waals surface area contributed by atoms with E-state index >= 15 is 0 Å². The van der Waals surface area contributed by atoms with Crippen molar-refractivity contribution in [1.29, 1.82) is 0 Å². The minimum atomic E-state index is -1.19. The lowest BCUT2D eigenvalue weighted by molar-refractivity contribution is -0.163. The smallest absolute Gasteiger partial charge is 0.273 e. The van der Waals surface area contributed by atoms with Gasteiger partial charge in [-0.25, -0.2) is 4.79 Å². The number of hydrogen-bond donors (Lipinski definition) is 0. The largest absolute Gasteiger partial charge is 0.333 e. The summed E-state index contributed by atoms with van der Waals surface area (Å²) in [5.41, 5.74) is -1.19. The van der Waals surface area contributed by atoms with Crippen LogP contribution in [0.3, 0.4) is 0 Å². The molecule has 4 amide bonds. The molecule has 5 nitrogen and oxygen atoms in total. The number of rotatable bonds is 12. The summed E-state index contributed by atoms with van der Waals surface area (Å²) >= 11 is 0. The monoisotopic (exact) mass is 364 g/mol. The van der Waals surface area contributed by atoms with Crippen LogP contribution in [0.5, 0.6) is 0 Å². The second-order valence-corrected chi connectivity index (χ2v) is 7.41. The second kappa shape index (κ2) is 10.5. The van der Waals surface area contributed by atoms with Gasteiger partial charge in [0.2, 0.25) is 11.8 Å². The molecule has 0 aromatic rings. The molecule has 1 unspecified atom stereocenters. The fraction of sp³-hybridized carbons (Fsp3) is 0.762. The Kier molecular flexibility index (Phi) is 9.03. The predicted molar refractivity (Wildman–Crippen MR) is 105 cm³/mol. The van der Waals surface area contributed by atoms with Gasteiger partial charge in [-0.3, -0.25) is 19.4 Å². The molecular weight excluding hydrogens is 328 g/mol. The molecule has 26 heavy (non-hydrogen) atoms. The maximum absolute atomic E-state index is 13.4. The van der Waals surface area contributed by atoms with E-state index in [4.69, 9.17) is 0 Å². The molecule has 0 spiro atoms. The van der Waals surface area contributed by atoms with Crippen molar-refractivity contribution < 1.29 is 14.4 Å². The first-order valence-corrected chi connectivity index (χ1v) is 10.2. The predicted octanol–water partition coefficient (Wildman–Crippen LogP) is 4.77. The van der Waals surface area contributed by atoms with Crippen molar-refractivity contribution >= 4 is 17.8 Å². The molecular formula is C21H36N2O3. The molecule has 1 saturated heterocycles. The number of barbiturate groups is 1. The Hall–Kier alpha value is -1.65. The van der Waals surface area contributed by atoms with Gasteiger partial charge >= 0.3 is 6.03 Å². The van der Waals surface area contributed by atoms with Crippen molar-refractivity contribution in [3.05, 3.63) is 12.7 Å². The number of amides is 4. The van der Waals surface area contributed by atoms with Crippen LogP contribution >= 0.6 is 0 Å². The zero-order valence-corrected chi connectivity index (χ0v) is 17.1. The van der Waals surface area contributed by atoms with E-state index in [-0.39, 0.29) is 24.2 Å². The van der Waals surface area contributed by atoms with E-state index in [1.165, 1.54) is 9.80 Å². The van der Waals surface area contributed by atoms with Crippen molar-refractivity contribution in [1.82, 2.24) is 9.80 Å². The Labute approximate surface area is 158 Å². The van der Waals surface area contributed by atoms with E-state index < -0.39 is 11.4 Å². The fourth-order valence-corrected chi connectivity index (χ4v) is 3.70. The SMILES string of the molecule is C=CCC1(C(C)CCCC)C(=O)N(CCCC)C(=O)N(CCCC)C1=O. The van der Waals surface area contributed by atoms with Crippen LogP contribution in [0.25, 0.3) is 0 Å². The molecule has 148 valence electrons. The Morgan fingerprint density at radius 2 is 1.38 bits per heavy atom. The number of nitrogens with zero attached hydrogens (tertiary/aromatic N) is 2. The standard InChI is InChI=1S/C21H36N2O3/c1-6-10-13-17(5)21(14-9-4)18(24)22(15-11-7-2)20(26)23(19(21)25)16-12-8-3/h9,17H,4,6-8,10-16H2,1-3,5H3. The molecule has 0 aromatic heterocycles. The number of carbonyl (C=O) groups is 3. The molecule has 0 radical (unpaired) electrons. The van der Waals surface area contributed by atoms with Crippen LogP contribution in [-0.2, 0) is 9.59 Å². The van der Waals surface area contributed by atoms with E-state index in [9.17, 15) is 14.4 Å². The average molecular weight is 365 g/mol. The first kappa shape index (κ1) is 22.4. The zero-order valence-electron chi connectivity index (χ0n) is 17.1. The number of imide groups is 2. The summed E-state index contributed by atoms with van der Waals surface area (Å²) in [5, 5.41) is 0. The van der Waals surface area contributed by atoms with Gasteiger partial charge in [-0.1, -0.05) is 59.5 Å². The third kappa shape index (κ3) is 4.36. The molecule has 1 rings (SSSR count). The summed E-state index contributed by atoms with van der Waals surface area (Å²) in [6.45, 7) is 12.7. The summed E-state index contributed by atoms with van der Waals surface area (Å²) in [6.07, 6.45) is 7.98. The van der Waals surface area contributed by atoms with Crippen molar-refractivity contribution in [3.63, 3.8) is 0 Å². The van der Waals surface area contributed by atoms with E-state index in [0.29, 0.717) is 13.1 Å². The molecule has 0 aliphatic carbocycles. The topological polar surface area (TPSA) is 57.7 Å². The third-order valence-electron chi connectivity index (χ3n) is 5.48. The van der Waals surface area contributed by atoms with Gasteiger partial charge in [0.15, 0.2) is 0 Å². The zero-order chi connectivity index (χ0) is 19.7. The molecule has 1 aliphatic heterocycles. The number of hydrogen-bond acceptors (Lipinski definition) is 3. The molecule has 1 atom stereocenters. The summed E-state index contributed by atoms with van der Waals surface area (Å²) < 4.78 is 0. The highest BCUT2D eigenvalue weighted by Crippen LogP contribution is 2.42. The highest BCUT2D eigenvalue weighted by molar-refractivity contribution is 6.19. The van der Waals surface area contributed by atoms with Gasteiger partial charge in [-0.05, 0) is 31.6 Å². The summed E-state index contributed by atoms with van der Waals surface area (Å²) in [7, 11) is 0. The Balaban J connectivity index is 3.35. The van der Waals surface area contributed by atoms with Crippen LogP contribution in [0.4, 0.5) is 4.79 Å². The van der Waals surface area contributed by atoms with E-state index in [1.807, 2.05) is 20.8 Å². The van der Waals surface area contributed by atoms with Gasteiger partial charge in [-0.2, -0.15) is 0 Å². The van der Waals surface area contributed by atoms with Gasteiger partial charge in [0.25, 0.3) is 0 Å². The molecule has 1 heterocycles. The maximum atomic E-state index is 13.4. The Morgan fingerprint density at radius 1 is 0.923 bits per heavy atom. The van der Waals surface area contributed by atoms with E-state index in [2.05, 4.69) is 13.5 Å². The third-order valence-corrected chi connectivity index (χ3v) is 5.48. The van der Waals surface area contributed by atoms with Gasteiger partial charge in [0.1, 0.15) is 5.41 Å². The first-order chi connectivity index (χ1) is 12.4. The Bertz CT molecular complexity index is 485. The number of urea groups is 1. The normalized spacial score (nSPS) is 18.4. The highest BCUT2D eigenvalue weighted by Gasteiger charge is 2.58. The lowest BCUT2D eigenvalue weighted by Crippen LogP contribution is -2.67. The van der Waals surface area contributed by atoms with Crippen LogP contribution in [0.2, 0.25) is 0 Å². The van der Waals surface area contributed by atoms with Crippen molar-refractivity contribution in [2.75, 3.05) is 13.1 Å². The molecule has 1 aliphatic rings. The van der Waals surface area contributed by atoms with Crippen molar-refractivity contribution in [2.24, 2.45) is 11.3 Å². The molecule has 5 heteroatoms. The quantitative estimate of drug-likeness (QED) is 0.370. The Morgan fingerprint density at radius 3 is 1.77 bits per heavy atom. The van der Waals surface area contributed by atoms with Crippen LogP contribution < -0.4 is 0 Å². The van der Waals surface area contributed by atoms with Crippen molar-refractivity contribution in [2.45, 2.75) is 79.1 Å². The van der Waals surface area contributed by atoms with E-state index in [0.717, 1.165) is 44.9 Å². The lowest BCUT2D eigenvalue weighted by atomic mass is 9.68. The summed E-state index contributed by atoms with van der Waals surface area (Å²) in [6, 6.07) is -0.440. The fourth-order valence-electron chi connectivity index (χ4n) is 3.70. The molecule has 0 N–H and O–H groups in total. The molecule has 0 saturated carbocycles. The lowest BCUT2D eigenvalue weighted by Gasteiger charge is -2.46. The molecule has 0 aromatic carbocycles. The van der Waals surface area contributed by atoms with Gasteiger partial charge in [-0.15, -0.1) is 6.58 Å². The molecule has 1 fully saturated rings.